The minimum atomic E-state index is 0.0261. The van der Waals surface area contributed by atoms with Gasteiger partial charge in [-0.3, -0.25) is 4.98 Å². The van der Waals surface area contributed by atoms with E-state index in [1.807, 2.05) is 18.5 Å². The van der Waals surface area contributed by atoms with Crippen LogP contribution in [0.15, 0.2) is 30.7 Å². The maximum absolute atomic E-state index is 4.15. The number of fused-ring (bicyclic) bond motifs is 1. The summed E-state index contributed by atoms with van der Waals surface area (Å²) in [5.74, 6) is 0. The lowest BCUT2D eigenvalue weighted by Crippen LogP contribution is -2.21. The summed E-state index contributed by atoms with van der Waals surface area (Å²) in [5, 5.41) is 0. The van der Waals surface area contributed by atoms with Crippen molar-refractivity contribution in [3.8, 4) is 0 Å². The fourth-order valence-electron chi connectivity index (χ4n) is 1.88. The lowest BCUT2D eigenvalue weighted by Gasteiger charge is -2.21. The van der Waals surface area contributed by atoms with Crippen molar-refractivity contribution in [2.75, 3.05) is 11.9 Å². The van der Waals surface area contributed by atoms with Gasteiger partial charge in [0, 0.05) is 41.8 Å². The Hall–Kier alpha value is -1.31. The Morgan fingerprint density at radius 2 is 2.15 bits per heavy atom. The highest BCUT2D eigenvalue weighted by Gasteiger charge is 2.36. The van der Waals surface area contributed by atoms with Crippen LogP contribution in [-0.4, -0.2) is 12.0 Å². The van der Waals surface area contributed by atoms with E-state index in [1.54, 1.807) is 0 Å². The summed E-state index contributed by atoms with van der Waals surface area (Å²) in [6.45, 7) is 8.46. The van der Waals surface area contributed by atoms with E-state index < -0.39 is 0 Å². The zero-order chi connectivity index (χ0) is 9.64. The quantitative estimate of drug-likeness (QED) is 0.600. The molecule has 2 heteroatoms. The van der Waals surface area contributed by atoms with E-state index in [1.165, 1.54) is 11.3 Å². The highest BCUT2D eigenvalue weighted by molar-refractivity contribution is 5.68. The molecule has 0 amide bonds. The van der Waals surface area contributed by atoms with E-state index >= 15 is 0 Å². The zero-order valence-electron chi connectivity index (χ0n) is 8.33. The topological polar surface area (TPSA) is 16.1 Å². The molecule has 1 aliphatic rings. The molecule has 0 unspecified atom stereocenters. The number of hydrogen-bond donors (Lipinski definition) is 0. The normalized spacial score (nSPS) is 19.0. The fourth-order valence-corrected chi connectivity index (χ4v) is 1.88. The van der Waals surface area contributed by atoms with Crippen LogP contribution in [0.3, 0.4) is 0 Å². The zero-order valence-corrected chi connectivity index (χ0v) is 8.33. The molecule has 0 spiro atoms. The Morgan fingerprint density at radius 3 is 2.77 bits per heavy atom. The molecule has 0 saturated carbocycles. The predicted molar refractivity (Wildman–Crippen MR) is 54.8 cm³/mol. The first kappa shape index (κ1) is 8.30. The number of rotatable bonds is 0. The molecule has 0 fully saturated rings. The number of aromatic nitrogens is 1. The molecule has 0 saturated heterocycles. The van der Waals surface area contributed by atoms with Crippen LogP contribution in [-0.2, 0) is 5.41 Å². The van der Waals surface area contributed by atoms with Crippen molar-refractivity contribution in [3.05, 3.63) is 36.3 Å². The van der Waals surface area contributed by atoms with E-state index in [9.17, 15) is 0 Å². The first-order chi connectivity index (χ1) is 6.05. The first-order valence-electron chi connectivity index (χ1n) is 4.43. The van der Waals surface area contributed by atoms with E-state index in [0.29, 0.717) is 0 Å². The Morgan fingerprint density at radius 1 is 1.46 bits per heavy atom. The van der Waals surface area contributed by atoms with Gasteiger partial charge in [-0.2, -0.15) is 0 Å². The van der Waals surface area contributed by atoms with Crippen LogP contribution < -0.4 is 4.90 Å². The summed E-state index contributed by atoms with van der Waals surface area (Å²) >= 11 is 0. The Kier molecular flexibility index (Phi) is 1.50. The van der Waals surface area contributed by atoms with Crippen LogP contribution in [0.1, 0.15) is 19.4 Å². The number of allylic oxidation sites excluding steroid dienone is 1. The SMILES string of the molecule is C=C1N(C)c2ccncc2C1(C)C. The molecule has 1 aromatic rings. The summed E-state index contributed by atoms with van der Waals surface area (Å²) in [7, 11) is 2.05. The smallest absolute Gasteiger partial charge is 0.0478 e. The molecule has 0 radical (unpaired) electrons. The molecule has 0 atom stereocenters. The molecule has 0 aromatic carbocycles. The molecule has 2 nitrogen and oxygen atoms in total. The molecule has 2 rings (SSSR count). The number of nitrogens with zero attached hydrogens (tertiary/aromatic N) is 2. The lowest BCUT2D eigenvalue weighted by atomic mass is 9.85. The Labute approximate surface area is 78.9 Å². The molecule has 0 bridgehead atoms. The minimum absolute atomic E-state index is 0.0261. The predicted octanol–water partition coefficient (Wildman–Crippen LogP) is 2.32. The van der Waals surface area contributed by atoms with Crippen molar-refractivity contribution in [2.24, 2.45) is 0 Å². The van der Waals surface area contributed by atoms with Crippen LogP contribution in [0, 0.1) is 0 Å². The van der Waals surface area contributed by atoms with Crippen LogP contribution in [0.5, 0.6) is 0 Å². The Balaban J connectivity index is 2.68. The molecule has 1 aliphatic heterocycles. The molecule has 2 heterocycles. The van der Waals surface area contributed by atoms with Crippen LogP contribution in [0.4, 0.5) is 5.69 Å². The molecule has 1 aromatic heterocycles. The molecule has 0 aliphatic carbocycles. The van der Waals surface area contributed by atoms with Gasteiger partial charge in [-0.25, -0.2) is 0 Å². The van der Waals surface area contributed by atoms with Gasteiger partial charge in [-0.15, -0.1) is 0 Å². The third-order valence-corrected chi connectivity index (χ3v) is 2.96. The van der Waals surface area contributed by atoms with Gasteiger partial charge in [-0.05, 0) is 6.07 Å². The van der Waals surface area contributed by atoms with Crippen LogP contribution in [0.2, 0.25) is 0 Å². The van der Waals surface area contributed by atoms with Crippen molar-refractivity contribution in [1.29, 1.82) is 0 Å². The van der Waals surface area contributed by atoms with Gasteiger partial charge in [0.05, 0.1) is 0 Å². The number of pyridine rings is 1. The molecular formula is C11H14N2. The maximum Gasteiger partial charge on any atom is 0.0478 e. The van der Waals surface area contributed by atoms with Gasteiger partial charge in [-0.1, -0.05) is 20.4 Å². The van der Waals surface area contributed by atoms with Crippen LogP contribution in [0.25, 0.3) is 0 Å². The summed E-state index contributed by atoms with van der Waals surface area (Å²) < 4.78 is 0. The monoisotopic (exact) mass is 174 g/mol. The maximum atomic E-state index is 4.15. The van der Waals surface area contributed by atoms with Gasteiger partial charge >= 0.3 is 0 Å². The second kappa shape index (κ2) is 2.34. The van der Waals surface area contributed by atoms with Crippen molar-refractivity contribution < 1.29 is 0 Å². The van der Waals surface area contributed by atoms with E-state index in [4.69, 9.17) is 0 Å². The molecule has 0 N–H and O–H groups in total. The number of likely N-dealkylation sites (N-methyl/N-ethyl adjacent to an activating group) is 1. The molecule has 13 heavy (non-hydrogen) atoms. The standard InChI is InChI=1S/C11H14N2/c1-8-11(2,3)9-7-12-6-5-10(9)13(8)4/h5-7H,1H2,2-4H3. The van der Waals surface area contributed by atoms with Gasteiger partial charge in [0.15, 0.2) is 0 Å². The summed E-state index contributed by atoms with van der Waals surface area (Å²) in [6, 6.07) is 2.04. The van der Waals surface area contributed by atoms with Gasteiger partial charge < -0.3 is 4.90 Å². The highest BCUT2D eigenvalue weighted by atomic mass is 15.2. The van der Waals surface area contributed by atoms with Crippen molar-refractivity contribution >= 4 is 5.69 Å². The van der Waals surface area contributed by atoms with Gasteiger partial charge in [0.25, 0.3) is 0 Å². The van der Waals surface area contributed by atoms with E-state index in [2.05, 4.69) is 37.4 Å². The Bertz CT molecular complexity index is 366. The number of hydrogen-bond acceptors (Lipinski definition) is 2. The third kappa shape index (κ3) is 0.916. The second-order valence-corrected chi connectivity index (χ2v) is 4.02. The minimum Gasteiger partial charge on any atom is -0.348 e. The fraction of sp³-hybridized carbons (Fsp3) is 0.364. The molecular weight excluding hydrogens is 160 g/mol. The highest BCUT2D eigenvalue weighted by Crippen LogP contribution is 2.45. The van der Waals surface area contributed by atoms with Crippen molar-refractivity contribution in [3.63, 3.8) is 0 Å². The van der Waals surface area contributed by atoms with Gasteiger partial charge in [0.1, 0.15) is 0 Å². The number of anilines is 1. The van der Waals surface area contributed by atoms with Crippen molar-refractivity contribution in [1.82, 2.24) is 4.98 Å². The summed E-state index contributed by atoms with van der Waals surface area (Å²) in [6.07, 6.45) is 3.76. The van der Waals surface area contributed by atoms with Gasteiger partial charge in [0.2, 0.25) is 0 Å². The van der Waals surface area contributed by atoms with E-state index in [-0.39, 0.29) is 5.41 Å². The second-order valence-electron chi connectivity index (χ2n) is 4.02. The summed E-state index contributed by atoms with van der Waals surface area (Å²) in [5.41, 5.74) is 3.65. The van der Waals surface area contributed by atoms with Crippen molar-refractivity contribution in [2.45, 2.75) is 19.3 Å². The average Bonchev–Trinajstić information content (AvgIpc) is 2.30. The first-order valence-corrected chi connectivity index (χ1v) is 4.43. The molecule has 68 valence electrons. The lowest BCUT2D eigenvalue weighted by molar-refractivity contribution is 0.640. The average molecular weight is 174 g/mol. The third-order valence-electron chi connectivity index (χ3n) is 2.96. The largest absolute Gasteiger partial charge is 0.348 e. The summed E-state index contributed by atoms with van der Waals surface area (Å²) in [4.78, 5) is 6.29. The van der Waals surface area contributed by atoms with E-state index in [0.717, 1.165) is 5.70 Å². The van der Waals surface area contributed by atoms with Crippen LogP contribution >= 0.6 is 0 Å².